The van der Waals surface area contributed by atoms with Crippen molar-refractivity contribution in [2.45, 2.75) is 84.2 Å². The van der Waals surface area contributed by atoms with Crippen LogP contribution < -0.4 is 0 Å². The maximum atomic E-state index is 13.3. The summed E-state index contributed by atoms with van der Waals surface area (Å²) in [7, 11) is 0. The average Bonchev–Trinajstić information content (AvgIpc) is 3.52. The normalized spacial score (nSPS) is 20.9. The smallest absolute Gasteiger partial charge is 0.338 e. The lowest BCUT2D eigenvalue weighted by molar-refractivity contribution is -0.167. The van der Waals surface area contributed by atoms with Gasteiger partial charge in [0.15, 0.2) is 5.82 Å². The quantitative estimate of drug-likeness (QED) is 0.455. The molecular formula is C28H34N4O4. The topological polar surface area (TPSA) is 110 Å². The first-order valence-corrected chi connectivity index (χ1v) is 12.9. The summed E-state index contributed by atoms with van der Waals surface area (Å²) >= 11 is 0. The highest BCUT2D eigenvalue weighted by Gasteiger charge is 2.48. The number of aliphatic hydroxyl groups is 1. The van der Waals surface area contributed by atoms with Crippen LogP contribution in [0.4, 0.5) is 0 Å². The van der Waals surface area contributed by atoms with Gasteiger partial charge in [-0.15, -0.1) is 5.10 Å². The van der Waals surface area contributed by atoms with Gasteiger partial charge in [-0.05, 0) is 75.1 Å². The number of aryl methyl sites for hydroxylation is 4. The summed E-state index contributed by atoms with van der Waals surface area (Å²) in [5.74, 6) is 1.04. The minimum absolute atomic E-state index is 0.0813. The van der Waals surface area contributed by atoms with Gasteiger partial charge < -0.3 is 14.9 Å². The number of aromatic hydroxyl groups is 1. The van der Waals surface area contributed by atoms with Crippen LogP contribution in [-0.2, 0) is 28.8 Å². The minimum atomic E-state index is -0.729. The molecule has 1 saturated carbocycles. The van der Waals surface area contributed by atoms with Gasteiger partial charge in [0.1, 0.15) is 17.1 Å². The van der Waals surface area contributed by atoms with E-state index in [1.807, 2.05) is 39.0 Å². The lowest BCUT2D eigenvalue weighted by Gasteiger charge is -2.41. The zero-order valence-corrected chi connectivity index (χ0v) is 21.3. The van der Waals surface area contributed by atoms with Crippen LogP contribution in [0.2, 0.25) is 0 Å². The molecule has 190 valence electrons. The Morgan fingerprint density at radius 1 is 1.14 bits per heavy atom. The van der Waals surface area contributed by atoms with Gasteiger partial charge >= 0.3 is 5.97 Å². The molecule has 3 aromatic rings. The standard InChI is InChI=1S/C28H34N4O4/c1-4-20-14-19(9-10-23(20)33)11-12-28(21-7-5-6-8-21)16-24(34)22(26(35)36-28)15-25-30-27-29-17(2)13-18(3)32(27)31-25/h9-10,13-14,21,33-34H,4-8,11-12,15-16H2,1-3H3. The molecule has 0 spiro atoms. The molecule has 0 bridgehead atoms. The number of cyclic esters (lactones) is 1. The van der Waals surface area contributed by atoms with Crippen molar-refractivity contribution in [3.05, 3.63) is 63.9 Å². The molecule has 8 nitrogen and oxygen atoms in total. The Labute approximate surface area is 211 Å². The summed E-state index contributed by atoms with van der Waals surface area (Å²) in [6.45, 7) is 5.85. The maximum absolute atomic E-state index is 13.3. The van der Waals surface area contributed by atoms with Crippen molar-refractivity contribution in [2.75, 3.05) is 0 Å². The molecule has 36 heavy (non-hydrogen) atoms. The Bertz CT molecular complexity index is 1340. The third-order valence-electron chi connectivity index (χ3n) is 7.82. The molecule has 0 radical (unpaired) electrons. The number of nitrogens with zero attached hydrogens (tertiary/aromatic N) is 4. The van der Waals surface area contributed by atoms with E-state index in [9.17, 15) is 15.0 Å². The van der Waals surface area contributed by atoms with E-state index in [4.69, 9.17) is 4.74 Å². The second-order valence-corrected chi connectivity index (χ2v) is 10.3. The first-order chi connectivity index (χ1) is 17.3. The average molecular weight is 491 g/mol. The number of ether oxygens (including phenoxy) is 1. The molecular weight excluding hydrogens is 456 g/mol. The summed E-state index contributed by atoms with van der Waals surface area (Å²) < 4.78 is 7.90. The first kappa shape index (κ1) is 24.3. The molecule has 0 amide bonds. The highest BCUT2D eigenvalue weighted by Crippen LogP contribution is 2.46. The van der Waals surface area contributed by atoms with Gasteiger partial charge in [0, 0.05) is 24.2 Å². The molecule has 0 saturated heterocycles. The van der Waals surface area contributed by atoms with E-state index in [0.717, 1.165) is 54.6 Å². The highest BCUT2D eigenvalue weighted by molar-refractivity contribution is 5.90. The number of esters is 1. The number of hydrogen-bond donors (Lipinski definition) is 2. The van der Waals surface area contributed by atoms with E-state index >= 15 is 0 Å². The Balaban J connectivity index is 1.40. The molecule has 2 N–H and O–H groups in total. The van der Waals surface area contributed by atoms with E-state index in [2.05, 4.69) is 15.1 Å². The molecule has 2 aliphatic rings. The molecule has 1 unspecified atom stereocenters. The molecule has 3 heterocycles. The fraction of sp³-hybridized carbons (Fsp3) is 0.500. The summed E-state index contributed by atoms with van der Waals surface area (Å²) in [6, 6.07) is 7.61. The fourth-order valence-corrected chi connectivity index (χ4v) is 5.86. The Morgan fingerprint density at radius 2 is 1.92 bits per heavy atom. The number of phenols is 1. The van der Waals surface area contributed by atoms with Gasteiger partial charge in [-0.25, -0.2) is 14.3 Å². The Morgan fingerprint density at radius 3 is 2.64 bits per heavy atom. The number of carbonyl (C=O) groups excluding carboxylic acids is 1. The van der Waals surface area contributed by atoms with Crippen molar-refractivity contribution in [3.8, 4) is 5.75 Å². The number of aromatic nitrogens is 4. The van der Waals surface area contributed by atoms with Crippen molar-refractivity contribution in [1.29, 1.82) is 0 Å². The minimum Gasteiger partial charge on any atom is -0.512 e. The Kier molecular flexibility index (Phi) is 6.45. The number of aliphatic hydroxyl groups excluding tert-OH is 1. The van der Waals surface area contributed by atoms with E-state index in [1.54, 1.807) is 10.6 Å². The molecule has 1 atom stereocenters. The van der Waals surface area contributed by atoms with Crippen LogP contribution in [0.1, 0.15) is 73.8 Å². The zero-order chi connectivity index (χ0) is 25.4. The molecule has 8 heteroatoms. The Hall–Kier alpha value is -3.42. The van der Waals surface area contributed by atoms with Crippen LogP contribution in [0, 0.1) is 19.8 Å². The second-order valence-electron chi connectivity index (χ2n) is 10.3. The summed E-state index contributed by atoms with van der Waals surface area (Å²) in [5.41, 5.74) is 3.26. The maximum Gasteiger partial charge on any atom is 0.338 e. The van der Waals surface area contributed by atoms with Crippen molar-refractivity contribution < 1.29 is 19.7 Å². The van der Waals surface area contributed by atoms with Gasteiger partial charge in [0.2, 0.25) is 0 Å². The van der Waals surface area contributed by atoms with Crippen molar-refractivity contribution >= 4 is 11.7 Å². The van der Waals surface area contributed by atoms with Gasteiger partial charge in [-0.3, -0.25) is 0 Å². The number of fused-ring (bicyclic) bond motifs is 1. The lowest BCUT2D eigenvalue weighted by atomic mass is 9.76. The first-order valence-electron chi connectivity index (χ1n) is 12.9. The molecule has 1 aliphatic carbocycles. The predicted molar refractivity (Wildman–Crippen MR) is 135 cm³/mol. The number of phenolic OH excluding ortho intramolecular Hbond substituents is 1. The number of rotatable bonds is 7. The summed E-state index contributed by atoms with van der Waals surface area (Å²) in [6.07, 6.45) is 6.69. The van der Waals surface area contributed by atoms with Crippen molar-refractivity contribution in [3.63, 3.8) is 0 Å². The fourth-order valence-electron chi connectivity index (χ4n) is 5.86. The van der Waals surface area contributed by atoms with Crippen LogP contribution in [0.5, 0.6) is 5.75 Å². The van der Waals surface area contributed by atoms with E-state index in [0.29, 0.717) is 36.6 Å². The SMILES string of the molecule is CCc1cc(CCC2(C3CCCC3)CC(O)=C(Cc3nc4nc(C)cc(C)n4n3)C(=O)O2)ccc1O. The third kappa shape index (κ3) is 4.56. The third-order valence-corrected chi connectivity index (χ3v) is 7.82. The molecule has 2 aromatic heterocycles. The van der Waals surface area contributed by atoms with Crippen LogP contribution in [0.3, 0.4) is 0 Å². The zero-order valence-electron chi connectivity index (χ0n) is 21.3. The summed E-state index contributed by atoms with van der Waals surface area (Å²) in [4.78, 5) is 22.2. The van der Waals surface area contributed by atoms with Gasteiger partial charge in [0.25, 0.3) is 5.78 Å². The largest absolute Gasteiger partial charge is 0.512 e. The van der Waals surface area contributed by atoms with Gasteiger partial charge in [0.05, 0.1) is 5.57 Å². The summed E-state index contributed by atoms with van der Waals surface area (Å²) in [5, 5.41) is 25.7. The van der Waals surface area contributed by atoms with E-state index in [-0.39, 0.29) is 23.7 Å². The number of benzene rings is 1. The van der Waals surface area contributed by atoms with E-state index < -0.39 is 11.6 Å². The van der Waals surface area contributed by atoms with Crippen molar-refractivity contribution in [2.24, 2.45) is 5.92 Å². The molecule has 1 aromatic carbocycles. The monoisotopic (exact) mass is 490 g/mol. The van der Waals surface area contributed by atoms with Crippen LogP contribution >= 0.6 is 0 Å². The van der Waals surface area contributed by atoms with Crippen LogP contribution in [-0.4, -0.2) is 41.4 Å². The van der Waals surface area contributed by atoms with Crippen LogP contribution in [0.25, 0.3) is 5.78 Å². The highest BCUT2D eigenvalue weighted by atomic mass is 16.6. The second kappa shape index (κ2) is 9.56. The molecule has 1 fully saturated rings. The number of carbonyl (C=O) groups is 1. The number of hydrogen-bond acceptors (Lipinski definition) is 7. The molecule has 1 aliphatic heterocycles. The van der Waals surface area contributed by atoms with E-state index in [1.165, 1.54) is 0 Å². The lowest BCUT2D eigenvalue weighted by Crippen LogP contribution is -2.46. The van der Waals surface area contributed by atoms with Crippen LogP contribution in [0.15, 0.2) is 35.6 Å². The van der Waals surface area contributed by atoms with Crippen molar-refractivity contribution in [1.82, 2.24) is 19.6 Å². The van der Waals surface area contributed by atoms with Gasteiger partial charge in [-0.1, -0.05) is 31.9 Å². The van der Waals surface area contributed by atoms with Gasteiger partial charge in [-0.2, -0.15) is 4.98 Å². The predicted octanol–water partition coefficient (Wildman–Crippen LogP) is 4.87. The molecule has 5 rings (SSSR count).